The molecule has 2 aliphatic heterocycles. The van der Waals surface area contributed by atoms with Crippen LogP contribution in [0.2, 0.25) is 5.02 Å². The number of esters is 2. The summed E-state index contributed by atoms with van der Waals surface area (Å²) in [7, 11) is 2.48. The van der Waals surface area contributed by atoms with Crippen molar-refractivity contribution in [2.75, 3.05) is 14.2 Å². The topological polar surface area (TPSA) is 85.3 Å². The van der Waals surface area contributed by atoms with Gasteiger partial charge in [0.1, 0.15) is 12.0 Å². The molecule has 0 saturated carbocycles. The van der Waals surface area contributed by atoms with Crippen LogP contribution in [0.25, 0.3) is 0 Å². The number of Topliss-reactive ketones (excluding diaryl/α,β-unsaturated/α-hetero) is 1. The van der Waals surface area contributed by atoms with Gasteiger partial charge in [0, 0.05) is 16.1 Å². The van der Waals surface area contributed by atoms with Crippen LogP contribution in [0.3, 0.4) is 0 Å². The third-order valence-corrected chi connectivity index (χ3v) is 6.03. The molecule has 0 aromatic heterocycles. The van der Waals surface area contributed by atoms with Gasteiger partial charge in [0.15, 0.2) is 5.78 Å². The van der Waals surface area contributed by atoms with Crippen LogP contribution < -0.4 is 0 Å². The molecule has 0 amide bonds. The normalized spacial score (nSPS) is 23.8. The van der Waals surface area contributed by atoms with Gasteiger partial charge in [-0.3, -0.25) is 19.4 Å². The van der Waals surface area contributed by atoms with E-state index in [9.17, 15) is 14.4 Å². The minimum absolute atomic E-state index is 0.327. The largest absolute Gasteiger partial charge is 0.469 e. The van der Waals surface area contributed by atoms with Gasteiger partial charge < -0.3 is 9.47 Å². The molecule has 2 aromatic carbocycles. The van der Waals surface area contributed by atoms with Crippen molar-refractivity contribution in [3.63, 3.8) is 0 Å². The monoisotopic (exact) mass is 452 g/mol. The van der Waals surface area contributed by atoms with Gasteiger partial charge in [0.2, 0.25) is 0 Å². The first kappa shape index (κ1) is 21.8. The lowest BCUT2D eigenvalue weighted by Gasteiger charge is -2.29. The number of hydrazone groups is 1. The molecule has 1 saturated heterocycles. The number of rotatable bonds is 5. The van der Waals surface area contributed by atoms with Gasteiger partial charge in [-0.25, -0.2) is 0 Å². The predicted molar refractivity (Wildman–Crippen MR) is 118 cm³/mol. The number of carbonyl (C=O) groups excluding carboxylic acids is 3. The first-order chi connectivity index (χ1) is 15.5. The van der Waals surface area contributed by atoms with Gasteiger partial charge in [-0.05, 0) is 18.2 Å². The molecule has 0 aliphatic carbocycles. The standard InChI is InChI=1S/C24H21ClN2O5/c1-31-23(29)19-18-13-12-17(14-8-10-16(25)11-9-14)26-27(18)21(20(19)24(30)32-2)22(28)15-6-4-3-5-7-15/h3-13,18-21H,1-2H3/t18?,19-,20-,21?/m1/s1. The second-order valence-corrected chi connectivity index (χ2v) is 7.93. The number of ketones is 1. The Labute approximate surface area is 190 Å². The summed E-state index contributed by atoms with van der Waals surface area (Å²) in [6.45, 7) is 0. The zero-order valence-electron chi connectivity index (χ0n) is 17.5. The number of ether oxygens (including phenoxy) is 2. The van der Waals surface area contributed by atoms with Crippen molar-refractivity contribution in [3.8, 4) is 0 Å². The Hall–Kier alpha value is -3.45. The number of nitrogens with zero attached hydrogens (tertiary/aromatic N) is 2. The molecule has 4 atom stereocenters. The Morgan fingerprint density at radius 2 is 1.53 bits per heavy atom. The van der Waals surface area contributed by atoms with Crippen molar-refractivity contribution in [1.29, 1.82) is 0 Å². The van der Waals surface area contributed by atoms with Crippen LogP contribution in [0.4, 0.5) is 0 Å². The molecule has 0 N–H and O–H groups in total. The van der Waals surface area contributed by atoms with E-state index in [4.69, 9.17) is 21.1 Å². The molecule has 1 fully saturated rings. The minimum Gasteiger partial charge on any atom is -0.469 e. The Kier molecular flexibility index (Phi) is 6.10. The van der Waals surface area contributed by atoms with Crippen molar-refractivity contribution >= 4 is 35.0 Å². The average Bonchev–Trinajstić information content (AvgIpc) is 3.18. The molecule has 2 unspecified atom stereocenters. The zero-order chi connectivity index (χ0) is 22.8. The fourth-order valence-electron chi connectivity index (χ4n) is 4.27. The lowest BCUT2D eigenvalue weighted by atomic mass is 9.84. The number of allylic oxidation sites excluding steroid dienone is 1. The highest BCUT2D eigenvalue weighted by Crippen LogP contribution is 2.41. The molecular formula is C24H21ClN2O5. The van der Waals surface area contributed by atoms with E-state index < -0.39 is 35.9 Å². The summed E-state index contributed by atoms with van der Waals surface area (Å²) in [4.78, 5) is 39.1. The second-order valence-electron chi connectivity index (χ2n) is 7.49. The van der Waals surface area contributed by atoms with Gasteiger partial charge in [0.05, 0.1) is 31.9 Å². The summed E-state index contributed by atoms with van der Waals surface area (Å²) in [6, 6.07) is 14.0. The van der Waals surface area contributed by atoms with Gasteiger partial charge in [-0.1, -0.05) is 60.1 Å². The van der Waals surface area contributed by atoms with E-state index in [0.29, 0.717) is 16.3 Å². The number of hydrogen-bond acceptors (Lipinski definition) is 7. The fourth-order valence-corrected chi connectivity index (χ4v) is 4.40. The maximum Gasteiger partial charge on any atom is 0.312 e. The summed E-state index contributed by atoms with van der Waals surface area (Å²) in [6.07, 6.45) is 3.54. The van der Waals surface area contributed by atoms with Crippen molar-refractivity contribution in [2.45, 2.75) is 12.1 Å². The molecular weight excluding hydrogens is 432 g/mol. The molecule has 32 heavy (non-hydrogen) atoms. The van der Waals surface area contributed by atoms with E-state index >= 15 is 0 Å². The van der Waals surface area contributed by atoms with Crippen LogP contribution in [-0.2, 0) is 19.1 Å². The first-order valence-electron chi connectivity index (χ1n) is 10.0. The summed E-state index contributed by atoms with van der Waals surface area (Å²) in [5.74, 6) is -3.62. The molecule has 0 radical (unpaired) electrons. The maximum absolute atomic E-state index is 13.6. The van der Waals surface area contributed by atoms with Gasteiger partial charge in [-0.15, -0.1) is 0 Å². The summed E-state index contributed by atoms with van der Waals surface area (Å²) in [5, 5.41) is 6.80. The molecule has 164 valence electrons. The Morgan fingerprint density at radius 3 is 2.16 bits per heavy atom. The molecule has 4 rings (SSSR count). The summed E-state index contributed by atoms with van der Waals surface area (Å²) < 4.78 is 9.98. The maximum atomic E-state index is 13.6. The highest BCUT2D eigenvalue weighted by Gasteiger charge is 2.59. The summed E-state index contributed by atoms with van der Waals surface area (Å²) >= 11 is 6.00. The van der Waals surface area contributed by atoms with E-state index in [1.54, 1.807) is 54.6 Å². The van der Waals surface area contributed by atoms with Crippen LogP contribution in [0.15, 0.2) is 71.9 Å². The Morgan fingerprint density at radius 1 is 0.906 bits per heavy atom. The second kappa shape index (κ2) is 8.96. The molecule has 2 aromatic rings. The number of halogens is 1. The van der Waals surface area contributed by atoms with Crippen LogP contribution in [0.1, 0.15) is 15.9 Å². The van der Waals surface area contributed by atoms with Crippen LogP contribution >= 0.6 is 11.6 Å². The molecule has 2 heterocycles. The van der Waals surface area contributed by atoms with Crippen molar-refractivity contribution in [1.82, 2.24) is 5.01 Å². The van der Waals surface area contributed by atoms with Crippen LogP contribution in [0, 0.1) is 11.8 Å². The van der Waals surface area contributed by atoms with Gasteiger partial charge >= 0.3 is 11.9 Å². The smallest absolute Gasteiger partial charge is 0.312 e. The van der Waals surface area contributed by atoms with Crippen molar-refractivity contribution in [3.05, 3.63) is 82.9 Å². The van der Waals surface area contributed by atoms with E-state index in [1.807, 2.05) is 12.1 Å². The molecule has 0 bridgehead atoms. The first-order valence-corrected chi connectivity index (χ1v) is 10.4. The molecule has 7 nitrogen and oxygen atoms in total. The highest BCUT2D eigenvalue weighted by atomic mass is 35.5. The number of benzene rings is 2. The molecule has 2 aliphatic rings. The molecule has 8 heteroatoms. The zero-order valence-corrected chi connectivity index (χ0v) is 18.2. The molecule has 0 spiro atoms. The number of methoxy groups -OCH3 is 2. The lowest BCUT2D eigenvalue weighted by Crippen LogP contribution is -2.43. The van der Waals surface area contributed by atoms with Crippen molar-refractivity contribution in [2.24, 2.45) is 16.9 Å². The third kappa shape index (κ3) is 3.80. The summed E-state index contributed by atoms with van der Waals surface area (Å²) in [5.41, 5.74) is 1.78. The SMILES string of the molecule is COC(=O)[C@@H]1C2C=CC(c3ccc(Cl)cc3)=NN2C(C(=O)c2ccccc2)[C@@H]1C(=O)OC. The fraction of sp³-hybridized carbons (Fsp3) is 0.250. The quantitative estimate of drug-likeness (QED) is 0.512. The number of carbonyl (C=O) groups is 3. The number of fused-ring (bicyclic) bond motifs is 1. The average molecular weight is 453 g/mol. The van der Waals surface area contributed by atoms with Crippen LogP contribution in [-0.4, -0.2) is 54.7 Å². The lowest BCUT2D eigenvalue weighted by molar-refractivity contribution is -0.156. The van der Waals surface area contributed by atoms with Gasteiger partial charge in [-0.2, -0.15) is 5.10 Å². The van der Waals surface area contributed by atoms with E-state index in [0.717, 1.165) is 5.56 Å². The minimum atomic E-state index is -1.08. The van der Waals surface area contributed by atoms with Crippen LogP contribution in [0.5, 0.6) is 0 Å². The Bertz CT molecular complexity index is 1100. The van der Waals surface area contributed by atoms with E-state index in [1.165, 1.54) is 19.2 Å². The van der Waals surface area contributed by atoms with E-state index in [-0.39, 0.29) is 5.78 Å². The highest BCUT2D eigenvalue weighted by molar-refractivity contribution is 6.30. The van der Waals surface area contributed by atoms with E-state index in [2.05, 4.69) is 5.10 Å². The van der Waals surface area contributed by atoms with Crippen molar-refractivity contribution < 1.29 is 23.9 Å². The third-order valence-electron chi connectivity index (χ3n) is 5.77. The predicted octanol–water partition coefficient (Wildman–Crippen LogP) is 3.13. The Balaban J connectivity index is 1.83. The van der Waals surface area contributed by atoms with Gasteiger partial charge in [0.25, 0.3) is 0 Å². The number of hydrogen-bond donors (Lipinski definition) is 0.